The van der Waals surface area contributed by atoms with Gasteiger partial charge in [0.1, 0.15) is 0 Å². The van der Waals surface area contributed by atoms with Crippen molar-refractivity contribution in [3.8, 4) is 0 Å². The van der Waals surface area contributed by atoms with Crippen LogP contribution in [0.5, 0.6) is 0 Å². The Morgan fingerprint density at radius 1 is 0.879 bits per heavy atom. The Morgan fingerprint density at radius 3 is 2.70 bits per heavy atom. The molecule has 1 unspecified atom stereocenters. The van der Waals surface area contributed by atoms with E-state index in [1.807, 2.05) is 17.5 Å². The zero-order chi connectivity index (χ0) is 22.0. The van der Waals surface area contributed by atoms with Crippen molar-refractivity contribution in [2.24, 2.45) is 0 Å². The van der Waals surface area contributed by atoms with Gasteiger partial charge in [-0.15, -0.1) is 11.3 Å². The van der Waals surface area contributed by atoms with Crippen LogP contribution in [0.3, 0.4) is 0 Å². The quantitative estimate of drug-likeness (QED) is 0.390. The number of benzene rings is 2. The molecule has 0 saturated carbocycles. The lowest BCUT2D eigenvalue weighted by molar-refractivity contribution is 0.117. The smallest absolute Gasteiger partial charge is 0.0623 e. The van der Waals surface area contributed by atoms with Crippen LogP contribution in [0.2, 0.25) is 0 Å². The van der Waals surface area contributed by atoms with E-state index < -0.39 is 0 Å². The van der Waals surface area contributed by atoms with Crippen LogP contribution in [0, 0.1) is 0 Å². The topological polar surface area (TPSA) is 19.4 Å². The van der Waals surface area contributed by atoms with E-state index >= 15 is 0 Å². The maximum Gasteiger partial charge on any atom is 0.0623 e. The van der Waals surface area contributed by atoms with Crippen molar-refractivity contribution in [3.63, 3.8) is 0 Å². The van der Waals surface area contributed by atoms with Crippen LogP contribution in [0.4, 0.5) is 0 Å². The SMILES string of the molecule is C(=C\c1cccc2ccsc12)/CN1CCN(C2c3ccccc3CCc3ncccc32)CC1. The van der Waals surface area contributed by atoms with Gasteiger partial charge in [0.2, 0.25) is 0 Å². The highest BCUT2D eigenvalue weighted by Gasteiger charge is 2.31. The van der Waals surface area contributed by atoms with Gasteiger partial charge in [0, 0.05) is 49.3 Å². The molecule has 2 aromatic carbocycles. The third kappa shape index (κ3) is 4.15. The lowest BCUT2D eigenvalue weighted by Crippen LogP contribution is -2.47. The Morgan fingerprint density at radius 2 is 1.76 bits per heavy atom. The van der Waals surface area contributed by atoms with Gasteiger partial charge in [-0.05, 0) is 58.0 Å². The minimum absolute atomic E-state index is 0.321. The number of hydrogen-bond acceptors (Lipinski definition) is 4. The monoisotopic (exact) mass is 451 g/mol. The molecule has 4 aromatic rings. The minimum Gasteiger partial charge on any atom is -0.297 e. The highest BCUT2D eigenvalue weighted by Crippen LogP contribution is 2.36. The number of aryl methyl sites for hydroxylation is 2. The van der Waals surface area contributed by atoms with Crippen LogP contribution in [-0.2, 0) is 12.8 Å². The van der Waals surface area contributed by atoms with Crippen molar-refractivity contribution >= 4 is 27.5 Å². The molecular formula is C29H29N3S. The number of rotatable bonds is 4. The highest BCUT2D eigenvalue weighted by atomic mass is 32.1. The lowest BCUT2D eigenvalue weighted by Gasteiger charge is -2.40. The van der Waals surface area contributed by atoms with Crippen molar-refractivity contribution in [2.45, 2.75) is 18.9 Å². The molecule has 6 rings (SSSR count). The predicted octanol–water partition coefficient (Wildman–Crippen LogP) is 5.82. The Balaban J connectivity index is 1.17. The Labute approximate surface area is 200 Å². The summed E-state index contributed by atoms with van der Waals surface area (Å²) in [6.07, 6.45) is 8.70. The number of fused-ring (bicyclic) bond motifs is 3. The molecule has 33 heavy (non-hydrogen) atoms. The molecule has 0 spiro atoms. The standard InChI is InChI=1S/C29H29N3S/c1-2-10-25-22(6-1)12-13-27-26(11-4-15-30-27)28(25)32-19-17-31(18-20-32)16-5-9-23-7-3-8-24-14-21-33-29(23)24/h1-11,14-15,21,28H,12-13,16-20H2/b9-5+. The molecule has 1 aliphatic heterocycles. The van der Waals surface area contributed by atoms with Crippen molar-refractivity contribution < 1.29 is 0 Å². The predicted molar refractivity (Wildman–Crippen MR) is 139 cm³/mol. The fourth-order valence-corrected chi connectivity index (χ4v) is 6.33. The molecule has 0 amide bonds. The molecule has 2 aliphatic rings. The Hall–Kier alpha value is -2.79. The van der Waals surface area contributed by atoms with Crippen molar-refractivity contribution in [1.82, 2.24) is 14.8 Å². The van der Waals surface area contributed by atoms with Crippen molar-refractivity contribution in [3.05, 3.63) is 106 Å². The average Bonchev–Trinajstić information content (AvgIpc) is 3.28. The molecule has 1 atom stereocenters. The first-order chi connectivity index (χ1) is 16.4. The third-order valence-corrected chi connectivity index (χ3v) is 8.12. The van der Waals surface area contributed by atoms with Gasteiger partial charge >= 0.3 is 0 Å². The van der Waals surface area contributed by atoms with Crippen LogP contribution in [0.25, 0.3) is 16.2 Å². The lowest BCUT2D eigenvalue weighted by atomic mass is 9.94. The summed E-state index contributed by atoms with van der Waals surface area (Å²) in [6.45, 7) is 5.38. The number of pyridine rings is 1. The van der Waals surface area contributed by atoms with Crippen LogP contribution < -0.4 is 0 Å². The van der Waals surface area contributed by atoms with Gasteiger partial charge in [-0.1, -0.05) is 60.7 Å². The van der Waals surface area contributed by atoms with Gasteiger partial charge < -0.3 is 0 Å². The maximum absolute atomic E-state index is 4.76. The molecule has 1 fully saturated rings. The van der Waals surface area contributed by atoms with E-state index in [1.54, 1.807) is 0 Å². The first-order valence-corrected chi connectivity index (χ1v) is 12.9. The van der Waals surface area contributed by atoms with E-state index in [9.17, 15) is 0 Å². The molecule has 166 valence electrons. The fourth-order valence-electron chi connectivity index (χ4n) is 5.43. The second-order valence-electron chi connectivity index (χ2n) is 9.07. The van der Waals surface area contributed by atoms with Gasteiger partial charge in [0.05, 0.1) is 6.04 Å². The van der Waals surface area contributed by atoms with Crippen molar-refractivity contribution in [1.29, 1.82) is 0 Å². The van der Waals surface area contributed by atoms with E-state index in [-0.39, 0.29) is 0 Å². The third-order valence-electron chi connectivity index (χ3n) is 7.14. The number of piperazine rings is 1. The summed E-state index contributed by atoms with van der Waals surface area (Å²) in [5, 5.41) is 3.52. The van der Waals surface area contributed by atoms with Gasteiger partial charge in [-0.3, -0.25) is 14.8 Å². The van der Waals surface area contributed by atoms with Crippen molar-refractivity contribution in [2.75, 3.05) is 32.7 Å². The molecule has 1 aliphatic carbocycles. The van der Waals surface area contributed by atoms with Gasteiger partial charge in [-0.2, -0.15) is 0 Å². The van der Waals surface area contributed by atoms with Crippen LogP contribution >= 0.6 is 11.3 Å². The van der Waals surface area contributed by atoms with Gasteiger partial charge in [0.25, 0.3) is 0 Å². The average molecular weight is 452 g/mol. The second-order valence-corrected chi connectivity index (χ2v) is 9.98. The largest absolute Gasteiger partial charge is 0.297 e. The molecule has 1 saturated heterocycles. The summed E-state index contributed by atoms with van der Waals surface area (Å²) >= 11 is 1.83. The summed E-state index contributed by atoms with van der Waals surface area (Å²) in [4.78, 5) is 10.0. The number of hydrogen-bond donors (Lipinski definition) is 0. The fraction of sp³-hybridized carbons (Fsp3) is 0.276. The summed E-state index contributed by atoms with van der Waals surface area (Å²) in [7, 11) is 0. The molecular weight excluding hydrogens is 422 g/mol. The van der Waals surface area contributed by atoms with Crippen LogP contribution in [-0.4, -0.2) is 47.5 Å². The maximum atomic E-state index is 4.76. The summed E-state index contributed by atoms with van der Waals surface area (Å²) in [5.74, 6) is 0. The molecule has 3 heterocycles. The summed E-state index contributed by atoms with van der Waals surface area (Å²) in [6, 6.07) is 22.5. The Bertz CT molecular complexity index is 1240. The van der Waals surface area contributed by atoms with E-state index in [0.29, 0.717) is 6.04 Å². The van der Waals surface area contributed by atoms with E-state index in [0.717, 1.165) is 45.6 Å². The molecule has 2 aromatic heterocycles. The summed E-state index contributed by atoms with van der Waals surface area (Å²) in [5.41, 5.74) is 6.96. The molecule has 0 bridgehead atoms. The number of nitrogens with zero attached hydrogens (tertiary/aromatic N) is 3. The number of thiophene rings is 1. The second kappa shape index (κ2) is 9.22. The first kappa shape index (κ1) is 20.8. The van der Waals surface area contributed by atoms with Crippen LogP contribution in [0.1, 0.15) is 34.0 Å². The van der Waals surface area contributed by atoms with Crippen LogP contribution in [0.15, 0.2) is 78.3 Å². The first-order valence-electron chi connectivity index (χ1n) is 12.0. The zero-order valence-electron chi connectivity index (χ0n) is 18.9. The van der Waals surface area contributed by atoms with E-state index in [1.165, 1.54) is 38.0 Å². The minimum atomic E-state index is 0.321. The molecule has 0 radical (unpaired) electrons. The highest BCUT2D eigenvalue weighted by molar-refractivity contribution is 7.17. The Kier molecular flexibility index (Phi) is 5.81. The van der Waals surface area contributed by atoms with E-state index in [2.05, 4.69) is 88.0 Å². The summed E-state index contributed by atoms with van der Waals surface area (Å²) < 4.78 is 1.39. The molecule has 4 heteroatoms. The molecule has 3 nitrogen and oxygen atoms in total. The molecule has 0 N–H and O–H groups in total. The van der Waals surface area contributed by atoms with Gasteiger partial charge in [0.15, 0.2) is 0 Å². The van der Waals surface area contributed by atoms with E-state index in [4.69, 9.17) is 4.98 Å². The number of aromatic nitrogens is 1. The normalized spacial score (nSPS) is 19.5. The van der Waals surface area contributed by atoms with Gasteiger partial charge in [-0.25, -0.2) is 0 Å². The zero-order valence-corrected chi connectivity index (χ0v) is 19.7.